The van der Waals surface area contributed by atoms with Crippen molar-refractivity contribution in [1.29, 1.82) is 5.26 Å². The SMILES string of the molecule is COc1cc(C=c2sc(=C(C#N)C(=O)N3CCOCC3)n(-c3ccccc3)c2=O)ccc1OCC(=O)Nc1nccs1. The standard InChI is InChI=1S/C29H25N5O6S2/c1-38-23-15-19(7-8-22(23)40-18-25(35)32-29-31-9-14-41-29)16-24-27(37)34(20-5-3-2-4-6-20)28(42-24)21(17-30)26(36)33-10-12-39-13-11-33/h2-9,14-16H,10-13,18H2,1H3,(H,31,32,35). The number of hydrogen-bond donors (Lipinski definition) is 1. The second-order valence-electron chi connectivity index (χ2n) is 8.87. The molecular formula is C29H25N5O6S2. The van der Waals surface area contributed by atoms with E-state index in [-0.39, 0.29) is 28.3 Å². The molecule has 4 aromatic rings. The average molecular weight is 604 g/mol. The summed E-state index contributed by atoms with van der Waals surface area (Å²) in [5.41, 5.74) is 0.671. The lowest BCUT2D eigenvalue weighted by atomic mass is 10.2. The highest BCUT2D eigenvalue weighted by Gasteiger charge is 2.24. The summed E-state index contributed by atoms with van der Waals surface area (Å²) in [7, 11) is 1.47. The van der Waals surface area contributed by atoms with Crippen LogP contribution in [0.2, 0.25) is 0 Å². The Morgan fingerprint density at radius 3 is 2.64 bits per heavy atom. The zero-order chi connectivity index (χ0) is 29.5. The van der Waals surface area contributed by atoms with Crippen molar-refractivity contribution in [3.8, 4) is 23.3 Å². The third-order valence-corrected chi connectivity index (χ3v) is 7.98. The highest BCUT2D eigenvalue weighted by Crippen LogP contribution is 2.28. The van der Waals surface area contributed by atoms with Gasteiger partial charge in [-0.15, -0.1) is 22.7 Å². The number of anilines is 1. The minimum Gasteiger partial charge on any atom is -0.493 e. The number of carbonyl (C=O) groups excluding carboxylic acids is 2. The van der Waals surface area contributed by atoms with Crippen molar-refractivity contribution in [2.24, 2.45) is 0 Å². The molecule has 0 atom stereocenters. The first-order valence-corrected chi connectivity index (χ1v) is 14.5. The van der Waals surface area contributed by atoms with Crippen molar-refractivity contribution in [1.82, 2.24) is 14.5 Å². The predicted octanol–water partition coefficient (Wildman–Crippen LogP) is 1.74. The molecule has 214 valence electrons. The van der Waals surface area contributed by atoms with Gasteiger partial charge in [-0.05, 0) is 35.9 Å². The number of thiazole rings is 2. The smallest absolute Gasteiger partial charge is 0.273 e. The van der Waals surface area contributed by atoms with Crippen LogP contribution in [0.4, 0.5) is 5.13 Å². The summed E-state index contributed by atoms with van der Waals surface area (Å²) < 4.78 is 18.4. The van der Waals surface area contributed by atoms with Crippen LogP contribution in [0, 0.1) is 11.3 Å². The van der Waals surface area contributed by atoms with E-state index in [1.165, 1.54) is 23.0 Å². The first-order valence-electron chi connectivity index (χ1n) is 12.8. The molecule has 0 bridgehead atoms. The largest absolute Gasteiger partial charge is 0.493 e. The van der Waals surface area contributed by atoms with Gasteiger partial charge in [0.15, 0.2) is 28.8 Å². The summed E-state index contributed by atoms with van der Waals surface area (Å²) in [6, 6.07) is 15.9. The van der Waals surface area contributed by atoms with Gasteiger partial charge in [0.2, 0.25) is 0 Å². The molecular weight excluding hydrogens is 578 g/mol. The van der Waals surface area contributed by atoms with Gasteiger partial charge in [0.1, 0.15) is 10.7 Å². The molecule has 5 rings (SSSR count). The molecule has 1 aliphatic rings. The zero-order valence-corrected chi connectivity index (χ0v) is 24.1. The van der Waals surface area contributed by atoms with Gasteiger partial charge in [0.25, 0.3) is 17.4 Å². The van der Waals surface area contributed by atoms with Crippen molar-refractivity contribution >= 4 is 51.3 Å². The third kappa shape index (κ3) is 6.41. The summed E-state index contributed by atoms with van der Waals surface area (Å²) in [5.74, 6) is -0.113. The summed E-state index contributed by atoms with van der Waals surface area (Å²) in [6.45, 7) is 1.25. The van der Waals surface area contributed by atoms with Gasteiger partial charge in [0, 0.05) is 24.7 Å². The Hall–Kier alpha value is -4.77. The summed E-state index contributed by atoms with van der Waals surface area (Å²) in [6.07, 6.45) is 3.25. The molecule has 2 aromatic carbocycles. The van der Waals surface area contributed by atoms with Crippen LogP contribution in [0.25, 0.3) is 17.3 Å². The van der Waals surface area contributed by atoms with Crippen LogP contribution < -0.4 is 29.5 Å². The van der Waals surface area contributed by atoms with Crippen LogP contribution in [0.3, 0.4) is 0 Å². The van der Waals surface area contributed by atoms with Crippen molar-refractivity contribution in [3.05, 3.63) is 85.2 Å². The molecule has 1 saturated heterocycles. The highest BCUT2D eigenvalue weighted by atomic mass is 32.1. The van der Waals surface area contributed by atoms with Crippen molar-refractivity contribution in [3.63, 3.8) is 0 Å². The molecule has 13 heteroatoms. The lowest BCUT2D eigenvalue weighted by molar-refractivity contribution is -0.128. The Balaban J connectivity index is 1.52. The van der Waals surface area contributed by atoms with E-state index in [9.17, 15) is 19.6 Å². The first-order chi connectivity index (χ1) is 20.5. The number of carbonyl (C=O) groups is 2. The summed E-state index contributed by atoms with van der Waals surface area (Å²) in [5, 5.41) is 14.9. The molecule has 2 aromatic heterocycles. The number of amides is 2. The number of morpholine rings is 1. The van der Waals surface area contributed by atoms with Gasteiger partial charge in [-0.3, -0.25) is 24.3 Å². The summed E-state index contributed by atoms with van der Waals surface area (Å²) in [4.78, 5) is 44.8. The Morgan fingerprint density at radius 2 is 1.95 bits per heavy atom. The fourth-order valence-corrected chi connectivity index (χ4v) is 5.84. The number of aromatic nitrogens is 2. The lowest BCUT2D eigenvalue weighted by Crippen LogP contribution is -2.42. The van der Waals surface area contributed by atoms with Gasteiger partial charge in [-0.1, -0.05) is 24.3 Å². The molecule has 3 heterocycles. The number of nitriles is 1. The van der Waals surface area contributed by atoms with Gasteiger partial charge < -0.3 is 19.1 Å². The molecule has 0 radical (unpaired) electrons. The number of para-hydroxylation sites is 1. The van der Waals surface area contributed by atoms with E-state index in [0.717, 1.165) is 11.3 Å². The molecule has 42 heavy (non-hydrogen) atoms. The highest BCUT2D eigenvalue weighted by molar-refractivity contribution is 7.13. The van der Waals surface area contributed by atoms with E-state index in [2.05, 4.69) is 10.3 Å². The third-order valence-electron chi connectivity index (χ3n) is 6.20. The summed E-state index contributed by atoms with van der Waals surface area (Å²) >= 11 is 2.36. The van der Waals surface area contributed by atoms with Gasteiger partial charge >= 0.3 is 0 Å². The van der Waals surface area contributed by atoms with Crippen LogP contribution in [-0.4, -0.2) is 66.3 Å². The number of benzene rings is 2. The van der Waals surface area contributed by atoms with E-state index in [4.69, 9.17) is 14.2 Å². The Labute approximate surface area is 248 Å². The van der Waals surface area contributed by atoms with E-state index in [0.29, 0.717) is 58.7 Å². The topological polar surface area (TPSA) is 136 Å². The van der Waals surface area contributed by atoms with E-state index in [1.54, 1.807) is 65.0 Å². The van der Waals surface area contributed by atoms with Crippen molar-refractivity contribution in [2.75, 3.05) is 45.3 Å². The molecule has 0 unspecified atom stereocenters. The second-order valence-corrected chi connectivity index (χ2v) is 10.8. The predicted molar refractivity (Wildman–Crippen MR) is 158 cm³/mol. The fraction of sp³-hybridized carbons (Fsp3) is 0.207. The zero-order valence-electron chi connectivity index (χ0n) is 22.4. The van der Waals surface area contributed by atoms with Gasteiger partial charge in [0.05, 0.1) is 30.5 Å². The maximum atomic E-state index is 13.7. The number of nitrogens with one attached hydrogen (secondary N) is 1. The number of methoxy groups -OCH3 is 1. The minimum absolute atomic E-state index is 0.111. The van der Waals surface area contributed by atoms with Crippen LogP contribution in [-0.2, 0) is 14.3 Å². The van der Waals surface area contributed by atoms with E-state index >= 15 is 0 Å². The van der Waals surface area contributed by atoms with Crippen LogP contribution in [0.15, 0.2) is 64.9 Å². The number of hydrogen-bond acceptors (Lipinski definition) is 10. The number of ether oxygens (including phenoxy) is 3. The van der Waals surface area contributed by atoms with Crippen LogP contribution in [0.5, 0.6) is 11.5 Å². The number of rotatable bonds is 8. The van der Waals surface area contributed by atoms with Gasteiger partial charge in [-0.2, -0.15) is 5.26 Å². The van der Waals surface area contributed by atoms with Crippen molar-refractivity contribution < 1.29 is 23.8 Å². The molecule has 11 nitrogen and oxygen atoms in total. The van der Waals surface area contributed by atoms with E-state index in [1.807, 2.05) is 12.1 Å². The second kappa shape index (κ2) is 13.3. The fourth-order valence-electron chi connectivity index (χ4n) is 4.20. The molecule has 0 spiro atoms. The molecule has 1 aliphatic heterocycles. The lowest BCUT2D eigenvalue weighted by Gasteiger charge is -2.26. The average Bonchev–Trinajstić information content (AvgIpc) is 3.65. The molecule has 1 fully saturated rings. The van der Waals surface area contributed by atoms with Crippen molar-refractivity contribution in [2.45, 2.75) is 0 Å². The normalized spacial score (nSPS) is 14.2. The monoisotopic (exact) mass is 603 g/mol. The molecule has 1 N–H and O–H groups in total. The molecule has 0 saturated carbocycles. The molecule has 0 aliphatic carbocycles. The minimum atomic E-state index is -0.444. The van der Waals surface area contributed by atoms with Gasteiger partial charge in [-0.25, -0.2) is 4.98 Å². The maximum Gasteiger partial charge on any atom is 0.273 e. The number of nitrogens with zero attached hydrogens (tertiary/aromatic N) is 4. The first kappa shape index (κ1) is 28.7. The quantitative estimate of drug-likeness (QED) is 0.322. The Morgan fingerprint density at radius 1 is 1.17 bits per heavy atom. The van der Waals surface area contributed by atoms with E-state index < -0.39 is 5.91 Å². The Bertz CT molecular complexity index is 1800. The van der Waals surface area contributed by atoms with Crippen LogP contribution in [0.1, 0.15) is 5.56 Å². The Kier molecular flexibility index (Phi) is 9.08. The maximum absolute atomic E-state index is 13.7. The molecule has 2 amide bonds. The van der Waals surface area contributed by atoms with Crippen LogP contribution >= 0.6 is 22.7 Å².